The van der Waals surface area contributed by atoms with Crippen LogP contribution in [-0.4, -0.2) is 40.6 Å². The molecule has 0 saturated carbocycles. The van der Waals surface area contributed by atoms with Crippen molar-refractivity contribution < 1.29 is 14.7 Å². The molecule has 10 nitrogen and oxygen atoms in total. The summed E-state index contributed by atoms with van der Waals surface area (Å²) in [5, 5.41) is 9.45. The van der Waals surface area contributed by atoms with Gasteiger partial charge in [-0.1, -0.05) is 24.3 Å². The van der Waals surface area contributed by atoms with Crippen LogP contribution in [0.15, 0.2) is 91.6 Å². The Bertz CT molecular complexity index is 1900. The van der Waals surface area contributed by atoms with Crippen LogP contribution in [0.4, 0.5) is 0 Å². The summed E-state index contributed by atoms with van der Waals surface area (Å²) in [5.74, 6) is -0.759. The molecule has 2 unspecified atom stereocenters. The van der Waals surface area contributed by atoms with Crippen molar-refractivity contribution in [2.75, 3.05) is 0 Å². The van der Waals surface area contributed by atoms with Crippen LogP contribution >= 0.6 is 31.9 Å². The fraction of sp³-hybridized carbons (Fsp3) is 0.143. The number of hydrogen-bond acceptors (Lipinski definition) is 7. The second kappa shape index (κ2) is 10.9. The van der Waals surface area contributed by atoms with Crippen molar-refractivity contribution in [2.24, 2.45) is 0 Å². The predicted octanol–water partition coefficient (Wildman–Crippen LogP) is 4.32. The number of aliphatic hydroxyl groups excluding tert-OH is 1. The fourth-order valence-electron chi connectivity index (χ4n) is 4.40. The van der Waals surface area contributed by atoms with Gasteiger partial charge in [0.25, 0.3) is 22.9 Å². The Labute approximate surface area is 243 Å². The molecule has 0 bridgehead atoms. The average Bonchev–Trinajstić information content (AvgIpc) is 3.22. The molecule has 1 aliphatic rings. The maximum Gasteiger partial charge on any atom is 0.272 e. The first-order valence-corrected chi connectivity index (χ1v) is 13.7. The first-order valence-electron chi connectivity index (χ1n) is 12.1. The second-order valence-electron chi connectivity index (χ2n) is 8.97. The molecule has 1 aromatic carbocycles. The van der Waals surface area contributed by atoms with E-state index in [9.17, 15) is 24.3 Å². The minimum atomic E-state index is -0.766. The molecule has 0 saturated heterocycles. The van der Waals surface area contributed by atoms with Crippen molar-refractivity contribution in [2.45, 2.75) is 26.0 Å². The zero-order valence-corrected chi connectivity index (χ0v) is 24.3. The van der Waals surface area contributed by atoms with Gasteiger partial charge in [0, 0.05) is 12.4 Å². The molecule has 12 heteroatoms. The number of halogens is 2. The van der Waals surface area contributed by atoms with Gasteiger partial charge in [-0.05, 0) is 82.1 Å². The second-order valence-corrected chi connectivity index (χ2v) is 10.6. The molecule has 4 aromatic heterocycles. The van der Waals surface area contributed by atoms with Gasteiger partial charge in [0.15, 0.2) is 0 Å². The van der Waals surface area contributed by atoms with E-state index < -0.39 is 12.1 Å². The standard InChI is InChI=1S/C18H12BrN3O3.C10H9BrN2O2/c1-10(22-16(23)11-6-2-3-7-12(11)17(22)24)15-14(19)18(25)21-9-5-4-8-13(21)20-15;1-6(14)9-8(11)10(15)13-5-3-2-4-7(13)12-9/h2-10H,1H3;2-6,14H,1H3. The third-order valence-corrected chi connectivity index (χ3v) is 7.90. The molecule has 0 spiro atoms. The molecule has 6 rings (SSSR count). The minimum absolute atomic E-state index is 0.212. The van der Waals surface area contributed by atoms with E-state index in [0.717, 1.165) is 4.90 Å². The average molecular weight is 667 g/mol. The molecular formula is C28H21Br2N5O5. The van der Waals surface area contributed by atoms with Crippen LogP contribution in [0.3, 0.4) is 0 Å². The third-order valence-electron chi connectivity index (χ3n) is 6.41. The molecular weight excluding hydrogens is 646 g/mol. The number of carbonyl (C=O) groups is 2. The van der Waals surface area contributed by atoms with Gasteiger partial charge in [0.1, 0.15) is 20.2 Å². The Morgan fingerprint density at radius 1 is 0.675 bits per heavy atom. The lowest BCUT2D eigenvalue weighted by Crippen LogP contribution is -2.34. The number of pyridine rings is 2. The first kappa shape index (κ1) is 27.6. The number of rotatable bonds is 3. The maximum atomic E-state index is 12.7. The number of imide groups is 1. The quantitative estimate of drug-likeness (QED) is 0.284. The van der Waals surface area contributed by atoms with Gasteiger partial charge in [-0.2, -0.15) is 0 Å². The zero-order valence-electron chi connectivity index (χ0n) is 21.2. The van der Waals surface area contributed by atoms with Crippen LogP contribution in [0.5, 0.6) is 0 Å². The largest absolute Gasteiger partial charge is 0.387 e. The predicted molar refractivity (Wildman–Crippen MR) is 154 cm³/mol. The Kier molecular flexibility index (Phi) is 7.49. The maximum absolute atomic E-state index is 12.7. The van der Waals surface area contributed by atoms with E-state index in [-0.39, 0.29) is 27.4 Å². The summed E-state index contributed by atoms with van der Waals surface area (Å²) in [4.78, 5) is 59.5. The molecule has 0 radical (unpaired) electrons. The van der Waals surface area contributed by atoms with Crippen molar-refractivity contribution in [3.63, 3.8) is 0 Å². The van der Waals surface area contributed by atoms with Crippen LogP contribution in [0.2, 0.25) is 0 Å². The van der Waals surface area contributed by atoms with Crippen molar-refractivity contribution in [1.82, 2.24) is 23.7 Å². The summed E-state index contributed by atoms with van der Waals surface area (Å²) in [6.07, 6.45) is 2.49. The first-order chi connectivity index (χ1) is 19.1. The van der Waals surface area contributed by atoms with Crippen LogP contribution in [0, 0.1) is 0 Å². The van der Waals surface area contributed by atoms with E-state index in [1.165, 1.54) is 8.80 Å². The molecule has 1 aliphatic heterocycles. The molecule has 0 fully saturated rings. The van der Waals surface area contributed by atoms with Gasteiger partial charge < -0.3 is 5.11 Å². The number of aliphatic hydroxyl groups is 1. The van der Waals surface area contributed by atoms with Crippen molar-refractivity contribution in [3.05, 3.63) is 125 Å². The lowest BCUT2D eigenvalue weighted by atomic mass is 10.1. The Balaban J connectivity index is 0.000000184. The summed E-state index contributed by atoms with van der Waals surface area (Å²) < 4.78 is 3.38. The van der Waals surface area contributed by atoms with Gasteiger partial charge in [0.05, 0.1) is 34.7 Å². The monoisotopic (exact) mass is 665 g/mol. The van der Waals surface area contributed by atoms with Crippen molar-refractivity contribution in [1.29, 1.82) is 0 Å². The number of benzene rings is 1. The lowest BCUT2D eigenvalue weighted by Gasteiger charge is -2.23. The Hall–Kier alpha value is -4.00. The van der Waals surface area contributed by atoms with E-state index in [1.54, 1.807) is 86.9 Å². The van der Waals surface area contributed by atoms with Gasteiger partial charge >= 0.3 is 0 Å². The van der Waals surface area contributed by atoms with Crippen LogP contribution in [0.25, 0.3) is 11.3 Å². The van der Waals surface area contributed by atoms with Gasteiger partial charge in [-0.3, -0.25) is 32.9 Å². The normalized spacial score (nSPS) is 14.2. The highest BCUT2D eigenvalue weighted by Gasteiger charge is 2.40. The highest BCUT2D eigenvalue weighted by atomic mass is 79.9. The van der Waals surface area contributed by atoms with E-state index >= 15 is 0 Å². The van der Waals surface area contributed by atoms with E-state index in [1.807, 2.05) is 0 Å². The number of hydrogen-bond donors (Lipinski definition) is 1. The van der Waals surface area contributed by atoms with Crippen LogP contribution < -0.4 is 11.1 Å². The highest BCUT2D eigenvalue weighted by molar-refractivity contribution is 9.10. The molecule has 0 aliphatic carbocycles. The number of fused-ring (bicyclic) bond motifs is 3. The van der Waals surface area contributed by atoms with Gasteiger partial charge in [-0.15, -0.1) is 0 Å². The summed E-state index contributed by atoms with van der Waals surface area (Å²) in [6.45, 7) is 3.26. The molecule has 40 heavy (non-hydrogen) atoms. The zero-order chi connectivity index (χ0) is 28.7. The topological polar surface area (TPSA) is 126 Å². The highest BCUT2D eigenvalue weighted by Crippen LogP contribution is 2.32. The lowest BCUT2D eigenvalue weighted by molar-refractivity contribution is 0.0591. The SMILES string of the molecule is CC(O)c1nc2ccccn2c(=O)c1Br.CC(c1nc2ccccn2c(=O)c1Br)N1C(=O)c2ccccc2C1=O. The summed E-state index contributed by atoms with van der Waals surface area (Å²) in [6, 6.07) is 16.5. The molecule has 202 valence electrons. The summed E-state index contributed by atoms with van der Waals surface area (Å²) in [5.41, 5.74) is 1.94. The Morgan fingerprint density at radius 2 is 1.10 bits per heavy atom. The molecule has 5 aromatic rings. The van der Waals surface area contributed by atoms with E-state index in [4.69, 9.17) is 0 Å². The van der Waals surface area contributed by atoms with E-state index in [0.29, 0.717) is 38.3 Å². The van der Waals surface area contributed by atoms with Crippen molar-refractivity contribution in [3.8, 4) is 0 Å². The number of amides is 2. The van der Waals surface area contributed by atoms with Gasteiger partial charge in [-0.25, -0.2) is 9.97 Å². The van der Waals surface area contributed by atoms with Gasteiger partial charge in [0.2, 0.25) is 0 Å². The molecule has 2 amide bonds. The number of carbonyl (C=O) groups excluding carboxylic acids is 2. The fourth-order valence-corrected chi connectivity index (χ4v) is 5.63. The summed E-state index contributed by atoms with van der Waals surface area (Å²) >= 11 is 6.42. The smallest absolute Gasteiger partial charge is 0.272 e. The van der Waals surface area contributed by atoms with Crippen molar-refractivity contribution >= 4 is 55.0 Å². The minimum Gasteiger partial charge on any atom is -0.387 e. The third kappa shape index (κ3) is 4.67. The summed E-state index contributed by atoms with van der Waals surface area (Å²) in [7, 11) is 0. The van der Waals surface area contributed by atoms with Crippen LogP contribution in [-0.2, 0) is 0 Å². The molecule has 2 atom stereocenters. The molecule has 1 N–H and O–H groups in total. The number of aromatic nitrogens is 4. The molecule has 5 heterocycles. The van der Waals surface area contributed by atoms with E-state index in [2.05, 4.69) is 41.8 Å². The number of nitrogens with zero attached hydrogens (tertiary/aromatic N) is 5. The Morgan fingerprint density at radius 3 is 1.57 bits per heavy atom. The van der Waals surface area contributed by atoms with Crippen LogP contribution in [0.1, 0.15) is 58.1 Å².